The van der Waals surface area contributed by atoms with Crippen LogP contribution in [0.2, 0.25) is 5.15 Å². The first-order valence-electron chi connectivity index (χ1n) is 8.53. The highest BCUT2D eigenvalue weighted by atomic mass is 35.5. The summed E-state index contributed by atoms with van der Waals surface area (Å²) < 4.78 is 4.07. The minimum atomic E-state index is 0.380. The van der Waals surface area contributed by atoms with E-state index in [9.17, 15) is 0 Å². The van der Waals surface area contributed by atoms with Crippen LogP contribution in [-0.2, 0) is 33.0 Å². The van der Waals surface area contributed by atoms with Gasteiger partial charge in [0, 0.05) is 51.3 Å². The van der Waals surface area contributed by atoms with Crippen LogP contribution in [0, 0.1) is 0 Å². The van der Waals surface area contributed by atoms with Gasteiger partial charge in [-0.05, 0) is 18.8 Å². The molecule has 0 atom stereocenters. The van der Waals surface area contributed by atoms with Gasteiger partial charge in [-0.3, -0.25) is 4.68 Å². The van der Waals surface area contributed by atoms with E-state index in [0.29, 0.717) is 5.92 Å². The molecule has 1 aliphatic rings. The molecule has 0 radical (unpaired) electrons. The first kappa shape index (κ1) is 16.5. The number of aryl methyl sites for hydroxylation is 3. The molecular formula is C17H26ClN5. The Morgan fingerprint density at radius 3 is 2.91 bits per heavy atom. The first-order valence-corrected chi connectivity index (χ1v) is 8.91. The third-order valence-corrected chi connectivity index (χ3v) is 4.94. The predicted octanol–water partition coefficient (Wildman–Crippen LogP) is 3.06. The Morgan fingerprint density at radius 2 is 2.17 bits per heavy atom. The normalized spacial score (nSPS) is 14.5. The van der Waals surface area contributed by atoms with E-state index in [1.54, 1.807) is 4.68 Å². The highest BCUT2D eigenvalue weighted by Gasteiger charge is 2.17. The molecule has 0 saturated carbocycles. The molecule has 0 unspecified atom stereocenters. The van der Waals surface area contributed by atoms with Crippen molar-refractivity contribution < 1.29 is 0 Å². The molecule has 0 amide bonds. The molecule has 2 aromatic heterocycles. The van der Waals surface area contributed by atoms with E-state index in [1.807, 2.05) is 7.05 Å². The number of nitrogens with one attached hydrogen (secondary N) is 1. The monoisotopic (exact) mass is 335 g/mol. The summed E-state index contributed by atoms with van der Waals surface area (Å²) in [4.78, 5) is 4.74. The maximum atomic E-state index is 6.37. The molecule has 6 heteroatoms. The second kappa shape index (κ2) is 7.05. The van der Waals surface area contributed by atoms with E-state index < -0.39 is 0 Å². The van der Waals surface area contributed by atoms with Crippen LogP contribution in [0.15, 0.2) is 6.20 Å². The van der Waals surface area contributed by atoms with Gasteiger partial charge >= 0.3 is 0 Å². The van der Waals surface area contributed by atoms with E-state index in [2.05, 4.69) is 35.0 Å². The van der Waals surface area contributed by atoms with Gasteiger partial charge in [0.15, 0.2) is 0 Å². The summed E-state index contributed by atoms with van der Waals surface area (Å²) in [6.45, 7) is 7.08. The third kappa shape index (κ3) is 3.61. The minimum Gasteiger partial charge on any atom is -0.335 e. The molecular weight excluding hydrogens is 310 g/mol. The summed E-state index contributed by atoms with van der Waals surface area (Å²) in [6.07, 6.45) is 6.84. The Labute approximate surface area is 143 Å². The number of fused-ring (bicyclic) bond motifs is 1. The van der Waals surface area contributed by atoms with Gasteiger partial charge in [0.25, 0.3) is 0 Å². The molecule has 0 aliphatic carbocycles. The van der Waals surface area contributed by atoms with Crippen LogP contribution >= 0.6 is 11.6 Å². The van der Waals surface area contributed by atoms with Crippen LogP contribution in [0.5, 0.6) is 0 Å². The van der Waals surface area contributed by atoms with Crippen molar-refractivity contribution in [1.29, 1.82) is 0 Å². The third-order valence-electron chi connectivity index (χ3n) is 4.47. The van der Waals surface area contributed by atoms with Crippen molar-refractivity contribution >= 4 is 11.6 Å². The summed E-state index contributed by atoms with van der Waals surface area (Å²) in [5, 5.41) is 8.75. The lowest BCUT2D eigenvalue weighted by atomic mass is 10.1. The number of halogens is 1. The fourth-order valence-electron chi connectivity index (χ4n) is 3.22. The Bertz CT molecular complexity index is 647. The molecule has 5 nitrogen and oxygen atoms in total. The van der Waals surface area contributed by atoms with Gasteiger partial charge in [0.05, 0.1) is 11.4 Å². The molecule has 126 valence electrons. The molecule has 0 spiro atoms. The van der Waals surface area contributed by atoms with Crippen molar-refractivity contribution in [3.05, 3.63) is 34.1 Å². The van der Waals surface area contributed by atoms with E-state index >= 15 is 0 Å². The second-order valence-electron chi connectivity index (χ2n) is 6.66. The summed E-state index contributed by atoms with van der Waals surface area (Å²) >= 11 is 6.37. The van der Waals surface area contributed by atoms with Crippen molar-refractivity contribution in [2.24, 2.45) is 7.05 Å². The summed E-state index contributed by atoms with van der Waals surface area (Å²) in [5.41, 5.74) is 3.39. The van der Waals surface area contributed by atoms with Crippen LogP contribution in [0.1, 0.15) is 55.4 Å². The maximum Gasteiger partial charge on any atom is 0.131 e. The van der Waals surface area contributed by atoms with E-state index in [-0.39, 0.29) is 0 Å². The lowest BCUT2D eigenvalue weighted by Crippen LogP contribution is -2.18. The molecule has 1 aliphatic heterocycles. The second-order valence-corrected chi connectivity index (χ2v) is 7.02. The average Bonchev–Trinajstić information content (AvgIpc) is 3.06. The molecule has 2 aromatic rings. The number of aromatic nitrogens is 4. The molecule has 0 aromatic carbocycles. The molecule has 23 heavy (non-hydrogen) atoms. The summed E-state index contributed by atoms with van der Waals surface area (Å²) in [5.74, 6) is 1.63. The molecule has 0 bridgehead atoms. The quantitative estimate of drug-likeness (QED) is 0.825. The SMILES string of the molecule is CC(C)c1nn(C)c(Cl)c1CNCCc1cn2c(n1)CCCC2. The number of nitrogens with zero attached hydrogens (tertiary/aromatic N) is 4. The first-order chi connectivity index (χ1) is 11.1. The lowest BCUT2D eigenvalue weighted by molar-refractivity contribution is 0.522. The average molecular weight is 336 g/mol. The van der Waals surface area contributed by atoms with Gasteiger partial charge in [-0.1, -0.05) is 25.4 Å². The summed E-state index contributed by atoms with van der Waals surface area (Å²) in [7, 11) is 1.90. The van der Waals surface area contributed by atoms with Crippen molar-refractivity contribution in [1.82, 2.24) is 24.6 Å². The zero-order chi connectivity index (χ0) is 16.4. The van der Waals surface area contributed by atoms with Gasteiger partial charge in [-0.15, -0.1) is 0 Å². The predicted molar refractivity (Wildman–Crippen MR) is 92.9 cm³/mol. The number of rotatable bonds is 6. The van der Waals surface area contributed by atoms with Crippen molar-refractivity contribution in [3.8, 4) is 0 Å². The van der Waals surface area contributed by atoms with Gasteiger partial charge in [-0.2, -0.15) is 5.10 Å². The van der Waals surface area contributed by atoms with Gasteiger partial charge in [-0.25, -0.2) is 4.98 Å². The highest BCUT2D eigenvalue weighted by Crippen LogP contribution is 2.25. The van der Waals surface area contributed by atoms with Crippen LogP contribution in [-0.4, -0.2) is 25.9 Å². The molecule has 3 rings (SSSR count). The molecule has 1 N–H and O–H groups in total. The van der Waals surface area contributed by atoms with E-state index in [1.165, 1.54) is 24.4 Å². The van der Waals surface area contributed by atoms with Gasteiger partial charge in [0.2, 0.25) is 0 Å². The van der Waals surface area contributed by atoms with Crippen molar-refractivity contribution in [3.63, 3.8) is 0 Å². The topological polar surface area (TPSA) is 47.7 Å². The zero-order valence-electron chi connectivity index (χ0n) is 14.3. The molecule has 0 saturated heterocycles. The minimum absolute atomic E-state index is 0.380. The standard InChI is InChI=1S/C17H26ClN5/c1-12(2)16-14(17(18)22(3)21-16)10-19-8-7-13-11-23-9-5-4-6-15(23)20-13/h11-12,19H,4-10H2,1-3H3. The van der Waals surface area contributed by atoms with Gasteiger partial charge in [0.1, 0.15) is 11.0 Å². The maximum absolute atomic E-state index is 6.37. The van der Waals surface area contributed by atoms with Crippen molar-refractivity contribution in [2.45, 2.75) is 58.5 Å². The lowest BCUT2D eigenvalue weighted by Gasteiger charge is -2.11. The van der Waals surface area contributed by atoms with Crippen molar-refractivity contribution in [2.75, 3.05) is 6.54 Å². The fraction of sp³-hybridized carbons (Fsp3) is 0.647. The number of hydrogen-bond acceptors (Lipinski definition) is 3. The van der Waals surface area contributed by atoms with Crippen LogP contribution in [0.25, 0.3) is 0 Å². The van der Waals surface area contributed by atoms with Crippen LogP contribution in [0.4, 0.5) is 0 Å². The molecule has 3 heterocycles. The van der Waals surface area contributed by atoms with E-state index in [4.69, 9.17) is 16.6 Å². The Balaban J connectivity index is 1.55. The molecule has 0 fully saturated rings. The fourth-order valence-corrected chi connectivity index (χ4v) is 3.42. The van der Waals surface area contributed by atoms with Crippen LogP contribution in [0.3, 0.4) is 0 Å². The highest BCUT2D eigenvalue weighted by molar-refractivity contribution is 6.30. The number of hydrogen-bond donors (Lipinski definition) is 1. The Morgan fingerprint density at radius 1 is 1.35 bits per heavy atom. The smallest absolute Gasteiger partial charge is 0.131 e. The number of imidazole rings is 1. The van der Waals surface area contributed by atoms with Crippen LogP contribution < -0.4 is 5.32 Å². The largest absolute Gasteiger partial charge is 0.335 e. The zero-order valence-corrected chi connectivity index (χ0v) is 15.0. The van der Waals surface area contributed by atoms with E-state index in [0.717, 1.165) is 48.9 Å². The summed E-state index contributed by atoms with van der Waals surface area (Å²) in [6, 6.07) is 0. The Hall–Kier alpha value is -1.33. The Kier molecular flexibility index (Phi) is 5.07. The van der Waals surface area contributed by atoms with Gasteiger partial charge < -0.3 is 9.88 Å².